The van der Waals surface area contributed by atoms with Gasteiger partial charge in [0, 0.05) is 27.3 Å². The van der Waals surface area contributed by atoms with E-state index in [9.17, 15) is 0 Å². The predicted octanol–water partition coefficient (Wildman–Crippen LogP) is 5.45. The van der Waals surface area contributed by atoms with Crippen molar-refractivity contribution in [3.05, 3.63) is 103 Å². The Morgan fingerprint density at radius 1 is 0.618 bits per heavy atom. The third-order valence-electron chi connectivity index (χ3n) is 6.90. The van der Waals surface area contributed by atoms with E-state index in [0.717, 1.165) is 56.3 Å². The zero-order valence-corrected chi connectivity index (χ0v) is 18.1. The zero-order chi connectivity index (χ0) is 22.2. The van der Waals surface area contributed by atoms with Crippen molar-refractivity contribution in [2.45, 2.75) is 0 Å². The van der Waals surface area contributed by atoms with Gasteiger partial charge in [0.2, 0.25) is 0 Å². The molecule has 0 spiro atoms. The van der Waals surface area contributed by atoms with Gasteiger partial charge in [0.25, 0.3) is 0 Å². The molecule has 4 aromatic carbocycles. The normalized spacial score (nSPS) is 13.1. The molecule has 0 unspecified atom stereocenters. The lowest BCUT2D eigenvalue weighted by atomic mass is 9.51. The SMILES string of the molecule is c1ccc2c(c1)Oc1cccc3c1B2Oc1ccc(-n2c4ccccc4c4ccccc42)nc1-3. The summed E-state index contributed by atoms with van der Waals surface area (Å²) in [5, 5.41) is 2.44. The van der Waals surface area contributed by atoms with Crippen molar-refractivity contribution in [3.63, 3.8) is 0 Å². The highest BCUT2D eigenvalue weighted by Gasteiger charge is 2.41. The first-order valence-corrected chi connectivity index (χ1v) is 11.4. The number of ether oxygens (including phenoxy) is 1. The van der Waals surface area contributed by atoms with Crippen LogP contribution in [0, 0.1) is 0 Å². The fourth-order valence-electron chi connectivity index (χ4n) is 5.44. The summed E-state index contributed by atoms with van der Waals surface area (Å²) in [7, 11) is 0. The number of aromatic nitrogens is 2. The molecule has 34 heavy (non-hydrogen) atoms. The maximum atomic E-state index is 6.56. The molecule has 5 heteroatoms. The minimum absolute atomic E-state index is 0.204. The van der Waals surface area contributed by atoms with Crippen LogP contribution in [-0.2, 0) is 0 Å². The summed E-state index contributed by atoms with van der Waals surface area (Å²) in [5.41, 5.74) is 6.26. The number of pyridine rings is 1. The largest absolute Gasteiger partial charge is 0.550 e. The van der Waals surface area contributed by atoms with Crippen LogP contribution >= 0.6 is 0 Å². The molecule has 2 aliphatic heterocycles. The molecule has 2 aliphatic rings. The molecule has 8 rings (SSSR count). The molecule has 0 amide bonds. The fourth-order valence-corrected chi connectivity index (χ4v) is 5.44. The minimum atomic E-state index is -0.204. The summed E-state index contributed by atoms with van der Waals surface area (Å²) < 4.78 is 15.0. The maximum absolute atomic E-state index is 6.56. The van der Waals surface area contributed by atoms with Crippen LogP contribution in [-0.4, -0.2) is 16.5 Å². The van der Waals surface area contributed by atoms with Gasteiger partial charge in [0.15, 0.2) is 0 Å². The first-order chi connectivity index (χ1) is 16.9. The predicted molar refractivity (Wildman–Crippen MR) is 136 cm³/mol. The standard InChI is InChI=1S/C29H17BN2O2/c1-4-12-22-18(8-1)19-9-2-5-13-23(19)32(22)27-17-16-26-29(31-27)20-10-7-15-25-28(20)30(34-26)21-11-3-6-14-24(21)33-25/h1-17H. The van der Waals surface area contributed by atoms with Crippen LogP contribution in [0.3, 0.4) is 0 Å². The fraction of sp³-hybridized carbons (Fsp3) is 0. The Balaban J connectivity index is 1.38. The van der Waals surface area contributed by atoms with Crippen LogP contribution in [0.2, 0.25) is 0 Å². The monoisotopic (exact) mass is 436 g/mol. The summed E-state index contributed by atoms with van der Waals surface area (Å²) in [6, 6.07) is 35.3. The highest BCUT2D eigenvalue weighted by atomic mass is 16.5. The summed E-state index contributed by atoms with van der Waals surface area (Å²) >= 11 is 0. The van der Waals surface area contributed by atoms with E-state index in [1.807, 2.05) is 30.3 Å². The lowest BCUT2D eigenvalue weighted by Crippen LogP contribution is -2.53. The van der Waals surface area contributed by atoms with Gasteiger partial charge in [0.05, 0.1) is 11.0 Å². The molecule has 0 fully saturated rings. The van der Waals surface area contributed by atoms with Crippen molar-refractivity contribution in [1.29, 1.82) is 0 Å². The van der Waals surface area contributed by atoms with Crippen molar-refractivity contribution < 1.29 is 9.39 Å². The molecule has 0 N–H and O–H groups in total. The number of hydrogen-bond donors (Lipinski definition) is 0. The summed E-state index contributed by atoms with van der Waals surface area (Å²) in [5.74, 6) is 3.33. The number of nitrogens with zero attached hydrogens (tertiary/aromatic N) is 2. The van der Waals surface area contributed by atoms with E-state index in [2.05, 4.69) is 77.4 Å². The Morgan fingerprint density at radius 3 is 2.15 bits per heavy atom. The summed E-state index contributed by atoms with van der Waals surface area (Å²) in [6.07, 6.45) is 0. The van der Waals surface area contributed by atoms with E-state index in [-0.39, 0.29) is 6.92 Å². The van der Waals surface area contributed by atoms with E-state index >= 15 is 0 Å². The minimum Gasteiger partial charge on any atom is -0.550 e. The lowest BCUT2D eigenvalue weighted by molar-refractivity contribution is 0.479. The van der Waals surface area contributed by atoms with Crippen molar-refractivity contribution in [1.82, 2.24) is 9.55 Å². The molecule has 6 aromatic rings. The molecule has 158 valence electrons. The van der Waals surface area contributed by atoms with Crippen LogP contribution in [0.4, 0.5) is 0 Å². The van der Waals surface area contributed by atoms with Gasteiger partial charge in [0.1, 0.15) is 28.8 Å². The Bertz CT molecular complexity index is 1740. The Morgan fingerprint density at radius 2 is 1.32 bits per heavy atom. The molecular formula is C29H17BN2O2. The second-order valence-electron chi connectivity index (χ2n) is 8.74. The smallest absolute Gasteiger partial charge is 0.434 e. The van der Waals surface area contributed by atoms with Crippen LogP contribution in [0.1, 0.15) is 0 Å². The quantitative estimate of drug-likeness (QED) is 0.322. The van der Waals surface area contributed by atoms with Crippen LogP contribution in [0.15, 0.2) is 103 Å². The highest BCUT2D eigenvalue weighted by molar-refractivity contribution is 6.84. The van der Waals surface area contributed by atoms with Crippen molar-refractivity contribution in [2.75, 3.05) is 0 Å². The third kappa shape index (κ3) is 2.31. The Kier molecular flexibility index (Phi) is 3.45. The maximum Gasteiger partial charge on any atom is 0.434 e. The van der Waals surface area contributed by atoms with Crippen LogP contribution < -0.4 is 20.3 Å². The number of benzene rings is 4. The van der Waals surface area contributed by atoms with Gasteiger partial charge in [-0.1, -0.05) is 66.7 Å². The summed E-state index contributed by atoms with van der Waals surface area (Å²) in [4.78, 5) is 5.17. The number of fused-ring (bicyclic) bond motifs is 7. The molecule has 0 saturated heterocycles. The molecule has 4 heterocycles. The van der Waals surface area contributed by atoms with Crippen LogP contribution in [0.25, 0.3) is 38.9 Å². The first-order valence-electron chi connectivity index (χ1n) is 11.4. The summed E-state index contributed by atoms with van der Waals surface area (Å²) in [6.45, 7) is -0.204. The molecule has 0 atom stereocenters. The second kappa shape index (κ2) is 6.52. The molecule has 4 nitrogen and oxygen atoms in total. The molecule has 0 saturated carbocycles. The van der Waals surface area contributed by atoms with E-state index in [1.165, 1.54) is 10.8 Å². The van der Waals surface area contributed by atoms with Crippen molar-refractivity contribution >= 4 is 39.6 Å². The Hall–Kier alpha value is -4.51. The van der Waals surface area contributed by atoms with Gasteiger partial charge in [-0.25, -0.2) is 4.98 Å². The van der Waals surface area contributed by atoms with Crippen molar-refractivity contribution in [2.24, 2.45) is 0 Å². The molecule has 0 bridgehead atoms. The lowest BCUT2D eigenvalue weighted by Gasteiger charge is -2.32. The second-order valence-corrected chi connectivity index (χ2v) is 8.74. The van der Waals surface area contributed by atoms with E-state index in [0.29, 0.717) is 0 Å². The van der Waals surface area contributed by atoms with E-state index in [1.54, 1.807) is 0 Å². The number of hydrogen-bond acceptors (Lipinski definition) is 3. The topological polar surface area (TPSA) is 36.3 Å². The van der Waals surface area contributed by atoms with Gasteiger partial charge < -0.3 is 9.39 Å². The van der Waals surface area contributed by atoms with Crippen molar-refractivity contribution in [3.8, 4) is 34.3 Å². The van der Waals surface area contributed by atoms with Gasteiger partial charge in [-0.05, 0) is 36.4 Å². The number of para-hydroxylation sites is 3. The van der Waals surface area contributed by atoms with Gasteiger partial charge in [-0.15, -0.1) is 0 Å². The average Bonchev–Trinajstić information content (AvgIpc) is 3.23. The van der Waals surface area contributed by atoms with E-state index in [4.69, 9.17) is 14.4 Å². The van der Waals surface area contributed by atoms with E-state index < -0.39 is 0 Å². The third-order valence-corrected chi connectivity index (χ3v) is 6.90. The first kappa shape index (κ1) is 18.0. The van der Waals surface area contributed by atoms with Gasteiger partial charge in [-0.3, -0.25) is 4.57 Å². The van der Waals surface area contributed by atoms with Gasteiger partial charge >= 0.3 is 6.92 Å². The number of rotatable bonds is 1. The molecule has 2 aromatic heterocycles. The Labute approximate surface area is 196 Å². The van der Waals surface area contributed by atoms with Gasteiger partial charge in [-0.2, -0.15) is 0 Å². The molecular weight excluding hydrogens is 419 g/mol. The zero-order valence-electron chi connectivity index (χ0n) is 18.1. The van der Waals surface area contributed by atoms with Crippen LogP contribution in [0.5, 0.6) is 17.2 Å². The molecule has 0 aliphatic carbocycles. The highest BCUT2D eigenvalue weighted by Crippen LogP contribution is 2.39. The average molecular weight is 436 g/mol. The molecule has 0 radical (unpaired) electrons.